The Bertz CT molecular complexity index is 246. The number of nitrogens with zero attached hydrogens (tertiary/aromatic N) is 1. The molecule has 1 saturated carbocycles. The highest BCUT2D eigenvalue weighted by molar-refractivity contribution is 4.67. The van der Waals surface area contributed by atoms with Crippen molar-refractivity contribution in [2.45, 2.75) is 116 Å². The summed E-state index contributed by atoms with van der Waals surface area (Å²) in [5.74, 6) is 0. The Kier molecular flexibility index (Phi) is 11.2. The number of hydroxylamine groups is 3. The van der Waals surface area contributed by atoms with E-state index < -0.39 is 0 Å². The smallest absolute Gasteiger partial charge is 0.0885 e. The maximum Gasteiger partial charge on any atom is 0.0885 e. The lowest BCUT2D eigenvalue weighted by Gasteiger charge is -2.47. The summed E-state index contributed by atoms with van der Waals surface area (Å²) in [6, 6.07) is 0.400. The van der Waals surface area contributed by atoms with Crippen LogP contribution in [0.5, 0.6) is 0 Å². The SMILES string of the molecule is CCCCCCCCCCCCC[N+](C)([O-])C1CCCCC1. The molecule has 1 aliphatic carbocycles. The molecule has 1 atom stereocenters. The van der Waals surface area contributed by atoms with Gasteiger partial charge in [-0.2, -0.15) is 0 Å². The number of unbranched alkanes of at least 4 members (excludes halogenated alkanes) is 10. The van der Waals surface area contributed by atoms with E-state index in [1.165, 1.54) is 83.5 Å². The second-order valence-corrected chi connectivity index (χ2v) is 7.73. The van der Waals surface area contributed by atoms with Crippen LogP contribution < -0.4 is 0 Å². The number of quaternary nitrogens is 1. The molecule has 1 fully saturated rings. The summed E-state index contributed by atoms with van der Waals surface area (Å²) < 4.78 is 0.0391. The average Bonchev–Trinajstić information content (AvgIpc) is 2.53. The van der Waals surface area contributed by atoms with Crippen LogP contribution in [0.2, 0.25) is 0 Å². The Morgan fingerprint density at radius 3 is 1.68 bits per heavy atom. The molecule has 0 heterocycles. The van der Waals surface area contributed by atoms with Crippen molar-refractivity contribution in [2.75, 3.05) is 13.6 Å². The van der Waals surface area contributed by atoms with E-state index in [1.807, 2.05) is 7.05 Å². The van der Waals surface area contributed by atoms with Crippen LogP contribution in [-0.4, -0.2) is 24.3 Å². The third-order valence-corrected chi connectivity index (χ3v) is 5.55. The monoisotopic (exact) mass is 311 g/mol. The van der Waals surface area contributed by atoms with Crippen LogP contribution in [0.3, 0.4) is 0 Å². The van der Waals surface area contributed by atoms with Gasteiger partial charge >= 0.3 is 0 Å². The highest BCUT2D eigenvalue weighted by Gasteiger charge is 2.25. The van der Waals surface area contributed by atoms with Crippen LogP contribution in [0.15, 0.2) is 0 Å². The summed E-state index contributed by atoms with van der Waals surface area (Å²) >= 11 is 0. The standard InChI is InChI=1S/C20H41NO/c1-3-4-5-6-7-8-9-10-11-12-16-19-21(2,22)20-17-14-13-15-18-20/h20H,3-19H2,1-2H3. The zero-order valence-electron chi connectivity index (χ0n) is 15.5. The maximum absolute atomic E-state index is 12.7. The van der Waals surface area contributed by atoms with E-state index in [1.54, 1.807) is 0 Å². The van der Waals surface area contributed by atoms with E-state index in [2.05, 4.69) is 6.92 Å². The third-order valence-electron chi connectivity index (χ3n) is 5.55. The molecular weight excluding hydrogens is 270 g/mol. The molecule has 0 amide bonds. The van der Waals surface area contributed by atoms with Crippen molar-refractivity contribution in [1.29, 1.82) is 0 Å². The summed E-state index contributed by atoms with van der Waals surface area (Å²) in [6.45, 7) is 3.13. The second-order valence-electron chi connectivity index (χ2n) is 7.73. The number of rotatable bonds is 13. The summed E-state index contributed by atoms with van der Waals surface area (Å²) in [5.41, 5.74) is 0. The molecule has 0 saturated heterocycles. The van der Waals surface area contributed by atoms with Gasteiger partial charge < -0.3 is 9.85 Å². The maximum atomic E-state index is 12.7. The van der Waals surface area contributed by atoms with Crippen molar-refractivity contribution in [3.63, 3.8) is 0 Å². The summed E-state index contributed by atoms with van der Waals surface area (Å²) in [5, 5.41) is 12.7. The lowest BCUT2D eigenvalue weighted by atomic mass is 9.94. The minimum absolute atomic E-state index is 0.0391. The zero-order valence-corrected chi connectivity index (χ0v) is 15.5. The van der Waals surface area contributed by atoms with Gasteiger partial charge in [-0.25, -0.2) is 0 Å². The molecule has 1 aliphatic rings. The van der Waals surface area contributed by atoms with Gasteiger partial charge in [-0.3, -0.25) is 0 Å². The predicted octanol–water partition coefficient (Wildman–Crippen LogP) is 6.57. The van der Waals surface area contributed by atoms with E-state index >= 15 is 0 Å². The van der Waals surface area contributed by atoms with Crippen LogP contribution >= 0.6 is 0 Å². The first-order chi connectivity index (χ1) is 10.7. The fraction of sp³-hybridized carbons (Fsp3) is 1.00. The van der Waals surface area contributed by atoms with Crippen molar-refractivity contribution in [1.82, 2.24) is 0 Å². The van der Waals surface area contributed by atoms with E-state index in [0.717, 1.165) is 25.8 Å². The highest BCUT2D eigenvalue weighted by Crippen LogP contribution is 2.26. The molecular formula is C20H41NO. The quantitative estimate of drug-likeness (QED) is 0.214. The molecule has 0 aromatic rings. The Hall–Kier alpha value is -0.0800. The Morgan fingerprint density at radius 2 is 1.18 bits per heavy atom. The Labute approximate surface area is 139 Å². The van der Waals surface area contributed by atoms with E-state index in [0.29, 0.717) is 6.04 Å². The van der Waals surface area contributed by atoms with Gasteiger partial charge in [0.1, 0.15) is 0 Å². The van der Waals surface area contributed by atoms with E-state index in [-0.39, 0.29) is 4.65 Å². The molecule has 0 aromatic carbocycles. The normalized spacial score (nSPS) is 19.2. The van der Waals surface area contributed by atoms with Crippen LogP contribution in [0, 0.1) is 5.21 Å². The predicted molar refractivity (Wildman–Crippen MR) is 97.8 cm³/mol. The Morgan fingerprint density at radius 1 is 0.727 bits per heavy atom. The number of hydrogen-bond acceptors (Lipinski definition) is 1. The molecule has 0 spiro atoms. The van der Waals surface area contributed by atoms with E-state index in [9.17, 15) is 5.21 Å². The molecule has 0 aromatic heterocycles. The van der Waals surface area contributed by atoms with Crippen LogP contribution in [0.1, 0.15) is 110 Å². The van der Waals surface area contributed by atoms with Gasteiger partial charge in [0.15, 0.2) is 0 Å². The molecule has 0 N–H and O–H groups in total. The fourth-order valence-corrected chi connectivity index (χ4v) is 3.90. The van der Waals surface area contributed by atoms with Crippen LogP contribution in [0.25, 0.3) is 0 Å². The molecule has 0 bridgehead atoms. The first-order valence-corrected chi connectivity index (χ1v) is 10.2. The first-order valence-electron chi connectivity index (χ1n) is 10.2. The van der Waals surface area contributed by atoms with Crippen LogP contribution in [-0.2, 0) is 0 Å². The molecule has 0 aliphatic heterocycles. The molecule has 22 heavy (non-hydrogen) atoms. The van der Waals surface area contributed by atoms with Gasteiger partial charge in [0.2, 0.25) is 0 Å². The van der Waals surface area contributed by atoms with Crippen molar-refractivity contribution in [3.05, 3.63) is 5.21 Å². The molecule has 2 nitrogen and oxygen atoms in total. The zero-order chi connectivity index (χ0) is 16.1. The van der Waals surface area contributed by atoms with Gasteiger partial charge in [0, 0.05) is 0 Å². The fourth-order valence-electron chi connectivity index (χ4n) is 3.90. The van der Waals surface area contributed by atoms with Crippen molar-refractivity contribution < 1.29 is 4.65 Å². The summed E-state index contributed by atoms with van der Waals surface area (Å²) in [4.78, 5) is 0. The summed E-state index contributed by atoms with van der Waals surface area (Å²) in [7, 11) is 1.92. The van der Waals surface area contributed by atoms with Crippen molar-refractivity contribution in [2.24, 2.45) is 0 Å². The van der Waals surface area contributed by atoms with Gasteiger partial charge in [0.05, 0.1) is 19.6 Å². The molecule has 1 rings (SSSR count). The molecule has 132 valence electrons. The third kappa shape index (κ3) is 9.15. The van der Waals surface area contributed by atoms with Crippen LogP contribution in [0.4, 0.5) is 0 Å². The summed E-state index contributed by atoms with van der Waals surface area (Å²) in [6.07, 6.45) is 21.2. The molecule has 2 heteroatoms. The Balaban J connectivity index is 1.90. The van der Waals surface area contributed by atoms with Crippen molar-refractivity contribution >= 4 is 0 Å². The van der Waals surface area contributed by atoms with Gasteiger partial charge in [-0.05, 0) is 38.5 Å². The van der Waals surface area contributed by atoms with Gasteiger partial charge in [0.25, 0.3) is 0 Å². The van der Waals surface area contributed by atoms with Gasteiger partial charge in [-0.15, -0.1) is 0 Å². The topological polar surface area (TPSA) is 23.1 Å². The lowest BCUT2D eigenvalue weighted by Crippen LogP contribution is -2.48. The highest BCUT2D eigenvalue weighted by atomic mass is 16.5. The van der Waals surface area contributed by atoms with E-state index in [4.69, 9.17) is 0 Å². The molecule has 0 radical (unpaired) electrons. The number of hydrogen-bond donors (Lipinski definition) is 0. The van der Waals surface area contributed by atoms with Crippen molar-refractivity contribution in [3.8, 4) is 0 Å². The average molecular weight is 312 g/mol. The largest absolute Gasteiger partial charge is 0.633 e. The van der Waals surface area contributed by atoms with Gasteiger partial charge in [-0.1, -0.05) is 71.1 Å². The first kappa shape index (κ1) is 20.0. The molecule has 1 unspecified atom stereocenters. The lowest BCUT2D eigenvalue weighted by molar-refractivity contribution is -0.888. The second kappa shape index (κ2) is 12.4. The minimum atomic E-state index is 0.0391. The minimum Gasteiger partial charge on any atom is -0.633 e.